The van der Waals surface area contributed by atoms with Gasteiger partial charge in [-0.25, -0.2) is 0 Å². The predicted octanol–water partition coefficient (Wildman–Crippen LogP) is 3.02. The highest BCUT2D eigenvalue weighted by Crippen LogP contribution is 2.22. The van der Waals surface area contributed by atoms with Crippen LogP contribution >= 0.6 is 0 Å². The molecule has 2 heteroatoms. The molecule has 0 aliphatic carbocycles. The third-order valence-corrected chi connectivity index (χ3v) is 3.86. The molecule has 1 aliphatic heterocycles. The van der Waals surface area contributed by atoms with E-state index in [9.17, 15) is 0 Å². The Labute approximate surface area is 111 Å². The van der Waals surface area contributed by atoms with E-state index >= 15 is 0 Å². The quantitative estimate of drug-likeness (QED) is 0.834. The van der Waals surface area contributed by atoms with Crippen LogP contribution in [0.2, 0.25) is 0 Å². The van der Waals surface area contributed by atoms with Crippen molar-refractivity contribution >= 4 is 0 Å². The normalized spacial score (nSPS) is 25.2. The van der Waals surface area contributed by atoms with Gasteiger partial charge in [-0.15, -0.1) is 0 Å². The lowest BCUT2D eigenvalue weighted by Crippen LogP contribution is -2.35. The summed E-state index contributed by atoms with van der Waals surface area (Å²) >= 11 is 0. The van der Waals surface area contributed by atoms with E-state index in [2.05, 4.69) is 49.5 Å². The van der Waals surface area contributed by atoms with Gasteiger partial charge in [0.05, 0.1) is 6.10 Å². The second kappa shape index (κ2) is 6.91. The fourth-order valence-electron chi connectivity index (χ4n) is 2.77. The van der Waals surface area contributed by atoms with Gasteiger partial charge in [0.1, 0.15) is 0 Å². The summed E-state index contributed by atoms with van der Waals surface area (Å²) in [4.78, 5) is 0. The molecule has 0 saturated carbocycles. The van der Waals surface area contributed by atoms with Crippen LogP contribution in [-0.4, -0.2) is 25.3 Å². The lowest BCUT2D eigenvalue weighted by Gasteiger charge is -2.20. The molecule has 18 heavy (non-hydrogen) atoms. The van der Waals surface area contributed by atoms with Crippen molar-refractivity contribution in [1.29, 1.82) is 0 Å². The van der Waals surface area contributed by atoms with Gasteiger partial charge in [-0.3, -0.25) is 0 Å². The smallest absolute Gasteiger partial charge is 0.0613 e. The highest BCUT2D eigenvalue weighted by Gasteiger charge is 2.26. The zero-order valence-corrected chi connectivity index (χ0v) is 11.6. The first-order chi connectivity index (χ1) is 8.79. The van der Waals surface area contributed by atoms with Gasteiger partial charge in [-0.2, -0.15) is 0 Å². The van der Waals surface area contributed by atoms with Crippen molar-refractivity contribution < 1.29 is 4.74 Å². The Balaban J connectivity index is 1.73. The van der Waals surface area contributed by atoms with Gasteiger partial charge >= 0.3 is 0 Å². The average Bonchev–Trinajstić information content (AvgIpc) is 2.85. The van der Waals surface area contributed by atoms with Crippen LogP contribution in [0.15, 0.2) is 30.3 Å². The molecule has 1 heterocycles. The van der Waals surface area contributed by atoms with Gasteiger partial charge in [0.2, 0.25) is 0 Å². The minimum atomic E-state index is 0.474. The molecule has 1 fully saturated rings. The van der Waals surface area contributed by atoms with Crippen LogP contribution in [0.25, 0.3) is 0 Å². The van der Waals surface area contributed by atoms with Crippen LogP contribution in [0, 0.1) is 5.92 Å². The Hall–Kier alpha value is -0.860. The highest BCUT2D eigenvalue weighted by molar-refractivity contribution is 5.15. The molecule has 3 atom stereocenters. The van der Waals surface area contributed by atoms with Gasteiger partial charge in [0, 0.05) is 19.2 Å². The maximum atomic E-state index is 5.73. The van der Waals surface area contributed by atoms with Gasteiger partial charge in [0.25, 0.3) is 0 Å². The molecule has 0 spiro atoms. The molecular formula is C16H25NO. The molecule has 0 amide bonds. The minimum Gasteiger partial charge on any atom is -0.378 e. The van der Waals surface area contributed by atoms with E-state index in [1.807, 2.05) is 0 Å². The Kier molecular flexibility index (Phi) is 5.21. The maximum absolute atomic E-state index is 5.73. The minimum absolute atomic E-state index is 0.474. The molecule has 1 N–H and O–H groups in total. The molecule has 1 aromatic rings. The Morgan fingerprint density at radius 1 is 1.33 bits per heavy atom. The summed E-state index contributed by atoms with van der Waals surface area (Å²) in [6, 6.07) is 11.2. The number of rotatable bonds is 6. The van der Waals surface area contributed by atoms with Gasteiger partial charge in [0.15, 0.2) is 0 Å². The number of ether oxygens (including phenoxy) is 1. The highest BCUT2D eigenvalue weighted by atomic mass is 16.5. The summed E-state index contributed by atoms with van der Waals surface area (Å²) < 4.78 is 5.73. The van der Waals surface area contributed by atoms with Crippen molar-refractivity contribution in [2.75, 3.05) is 13.2 Å². The van der Waals surface area contributed by atoms with E-state index in [-0.39, 0.29) is 0 Å². The number of benzene rings is 1. The molecule has 2 nitrogen and oxygen atoms in total. The number of hydrogen-bond acceptors (Lipinski definition) is 2. The van der Waals surface area contributed by atoms with Gasteiger partial charge < -0.3 is 10.1 Å². The first kappa shape index (κ1) is 13.6. The lowest BCUT2D eigenvalue weighted by molar-refractivity contribution is 0.0867. The molecule has 0 radical (unpaired) electrons. The van der Waals surface area contributed by atoms with E-state index in [0.29, 0.717) is 18.1 Å². The Bertz CT molecular complexity index is 338. The molecule has 1 saturated heterocycles. The van der Waals surface area contributed by atoms with Gasteiger partial charge in [-0.05, 0) is 37.7 Å². The number of nitrogens with one attached hydrogen (secondary N) is 1. The SMILES string of the molecule is CCC1OCCC1CNC(C)Cc1ccccc1. The largest absolute Gasteiger partial charge is 0.378 e. The van der Waals surface area contributed by atoms with Crippen LogP contribution < -0.4 is 5.32 Å². The fourth-order valence-corrected chi connectivity index (χ4v) is 2.77. The monoisotopic (exact) mass is 247 g/mol. The third kappa shape index (κ3) is 3.82. The van der Waals surface area contributed by atoms with Gasteiger partial charge in [-0.1, -0.05) is 37.3 Å². The van der Waals surface area contributed by atoms with Crippen LogP contribution in [-0.2, 0) is 11.2 Å². The van der Waals surface area contributed by atoms with Crippen LogP contribution in [0.5, 0.6) is 0 Å². The van der Waals surface area contributed by atoms with Crippen molar-refractivity contribution in [2.45, 2.75) is 45.3 Å². The molecule has 0 bridgehead atoms. The predicted molar refractivity (Wildman–Crippen MR) is 75.7 cm³/mol. The number of hydrogen-bond donors (Lipinski definition) is 1. The first-order valence-electron chi connectivity index (χ1n) is 7.18. The third-order valence-electron chi connectivity index (χ3n) is 3.86. The first-order valence-corrected chi connectivity index (χ1v) is 7.18. The summed E-state index contributed by atoms with van der Waals surface area (Å²) in [6.45, 7) is 6.52. The van der Waals surface area contributed by atoms with E-state index in [1.165, 1.54) is 12.0 Å². The molecule has 0 aromatic heterocycles. The molecule has 3 unspecified atom stereocenters. The summed E-state index contributed by atoms with van der Waals surface area (Å²) in [5, 5.41) is 3.66. The zero-order chi connectivity index (χ0) is 12.8. The zero-order valence-electron chi connectivity index (χ0n) is 11.6. The molecule has 1 aliphatic rings. The van der Waals surface area contributed by atoms with E-state index in [0.717, 1.165) is 26.0 Å². The second-order valence-corrected chi connectivity index (χ2v) is 5.37. The standard InChI is InChI=1S/C16H25NO/c1-3-16-15(9-10-18-16)12-17-13(2)11-14-7-5-4-6-8-14/h4-8,13,15-17H,3,9-12H2,1-2H3. The second-order valence-electron chi connectivity index (χ2n) is 5.37. The fraction of sp³-hybridized carbons (Fsp3) is 0.625. The summed E-state index contributed by atoms with van der Waals surface area (Å²) in [7, 11) is 0. The topological polar surface area (TPSA) is 21.3 Å². The maximum Gasteiger partial charge on any atom is 0.0613 e. The Morgan fingerprint density at radius 3 is 2.83 bits per heavy atom. The van der Waals surface area contributed by atoms with E-state index in [4.69, 9.17) is 4.74 Å². The summed E-state index contributed by atoms with van der Waals surface area (Å²) in [5.74, 6) is 0.702. The van der Waals surface area contributed by atoms with E-state index < -0.39 is 0 Å². The Morgan fingerprint density at radius 2 is 2.11 bits per heavy atom. The van der Waals surface area contributed by atoms with Crippen molar-refractivity contribution in [3.63, 3.8) is 0 Å². The van der Waals surface area contributed by atoms with Crippen molar-refractivity contribution in [3.8, 4) is 0 Å². The summed E-state index contributed by atoms with van der Waals surface area (Å²) in [6.07, 6.45) is 3.93. The van der Waals surface area contributed by atoms with Crippen molar-refractivity contribution in [1.82, 2.24) is 5.32 Å². The molecule has 1 aromatic carbocycles. The van der Waals surface area contributed by atoms with E-state index in [1.54, 1.807) is 0 Å². The van der Waals surface area contributed by atoms with Crippen LogP contribution in [0.3, 0.4) is 0 Å². The lowest BCUT2D eigenvalue weighted by atomic mass is 9.99. The van der Waals surface area contributed by atoms with Crippen LogP contribution in [0.4, 0.5) is 0 Å². The van der Waals surface area contributed by atoms with Crippen LogP contribution in [0.1, 0.15) is 32.3 Å². The van der Waals surface area contributed by atoms with Crippen molar-refractivity contribution in [3.05, 3.63) is 35.9 Å². The van der Waals surface area contributed by atoms with Crippen molar-refractivity contribution in [2.24, 2.45) is 5.92 Å². The summed E-state index contributed by atoms with van der Waals surface area (Å²) in [5.41, 5.74) is 1.41. The molecule has 2 rings (SSSR count). The molecule has 100 valence electrons. The average molecular weight is 247 g/mol. The molecular weight excluding hydrogens is 222 g/mol.